The van der Waals surface area contributed by atoms with Gasteiger partial charge in [-0.2, -0.15) is 0 Å². The predicted octanol–water partition coefficient (Wildman–Crippen LogP) is 3.05. The van der Waals surface area contributed by atoms with Gasteiger partial charge in [-0.3, -0.25) is 4.90 Å². The Bertz CT molecular complexity index is 457. The Labute approximate surface area is 120 Å². The number of rotatable bonds is 4. The van der Waals surface area contributed by atoms with Gasteiger partial charge < -0.3 is 10.2 Å². The van der Waals surface area contributed by atoms with Gasteiger partial charge in [-0.1, -0.05) is 11.6 Å². The molecule has 19 heavy (non-hydrogen) atoms. The lowest BCUT2D eigenvalue weighted by Crippen LogP contribution is -2.27. The highest BCUT2D eigenvalue weighted by Crippen LogP contribution is 2.32. The fourth-order valence-electron chi connectivity index (χ4n) is 2.87. The second-order valence-corrected chi connectivity index (χ2v) is 6.32. The fraction of sp³-hybridized carbons (Fsp3) is 0.600. The summed E-state index contributed by atoms with van der Waals surface area (Å²) < 4.78 is 0. The Morgan fingerprint density at radius 1 is 1.26 bits per heavy atom. The molecule has 4 heteroatoms. The Kier molecular flexibility index (Phi) is 3.59. The first-order chi connectivity index (χ1) is 9.13. The highest BCUT2D eigenvalue weighted by molar-refractivity contribution is 6.33. The van der Waals surface area contributed by atoms with Gasteiger partial charge in [0.15, 0.2) is 0 Å². The minimum absolute atomic E-state index is 0.571. The van der Waals surface area contributed by atoms with Gasteiger partial charge in [0.2, 0.25) is 0 Å². The first kappa shape index (κ1) is 13.1. The van der Waals surface area contributed by atoms with Crippen LogP contribution >= 0.6 is 11.6 Å². The van der Waals surface area contributed by atoms with Gasteiger partial charge in [-0.15, -0.1) is 0 Å². The number of anilines is 2. The lowest BCUT2D eigenvalue weighted by atomic mass is 10.2. The Morgan fingerprint density at radius 3 is 2.68 bits per heavy atom. The number of nitrogens with zero attached hydrogens (tertiary/aromatic N) is 2. The van der Waals surface area contributed by atoms with E-state index in [0.29, 0.717) is 6.04 Å². The zero-order chi connectivity index (χ0) is 13.4. The molecule has 0 spiro atoms. The highest BCUT2D eigenvalue weighted by Gasteiger charge is 2.34. The number of hydrogen-bond donors (Lipinski definition) is 1. The van der Waals surface area contributed by atoms with Gasteiger partial charge >= 0.3 is 0 Å². The first-order valence-corrected chi connectivity index (χ1v) is 7.49. The van der Waals surface area contributed by atoms with E-state index >= 15 is 0 Å². The molecule has 1 atom stereocenters. The summed E-state index contributed by atoms with van der Waals surface area (Å²) in [5.41, 5.74) is 2.21. The quantitative estimate of drug-likeness (QED) is 0.914. The van der Waals surface area contributed by atoms with Gasteiger partial charge in [0.1, 0.15) is 0 Å². The molecule has 104 valence electrons. The normalized spacial score (nSPS) is 23.6. The van der Waals surface area contributed by atoms with Crippen molar-refractivity contribution in [3.05, 3.63) is 23.2 Å². The maximum Gasteiger partial charge on any atom is 0.0659 e. The van der Waals surface area contributed by atoms with Crippen molar-refractivity contribution in [3.63, 3.8) is 0 Å². The highest BCUT2D eigenvalue weighted by atomic mass is 35.5. The Balaban J connectivity index is 1.62. The molecule has 1 unspecified atom stereocenters. The van der Waals surface area contributed by atoms with Crippen LogP contribution in [0.15, 0.2) is 18.2 Å². The summed E-state index contributed by atoms with van der Waals surface area (Å²) in [5, 5.41) is 4.43. The molecule has 2 aliphatic rings. The first-order valence-electron chi connectivity index (χ1n) is 7.11. The van der Waals surface area contributed by atoms with E-state index in [4.69, 9.17) is 11.6 Å². The van der Waals surface area contributed by atoms with Crippen LogP contribution in [0.5, 0.6) is 0 Å². The van der Waals surface area contributed by atoms with Crippen LogP contribution in [0.25, 0.3) is 0 Å². The number of hydrogen-bond acceptors (Lipinski definition) is 3. The number of halogens is 1. The van der Waals surface area contributed by atoms with Gasteiger partial charge in [-0.25, -0.2) is 0 Å². The Hall–Kier alpha value is -0.930. The molecule has 0 amide bonds. The maximum absolute atomic E-state index is 6.31. The molecule has 0 aromatic heterocycles. The number of likely N-dealkylation sites (tertiary alicyclic amines) is 1. The summed E-state index contributed by atoms with van der Waals surface area (Å²) in [6.45, 7) is 2.42. The van der Waals surface area contributed by atoms with Crippen LogP contribution in [0.4, 0.5) is 11.4 Å². The monoisotopic (exact) mass is 279 g/mol. The maximum atomic E-state index is 6.31. The van der Waals surface area contributed by atoms with Gasteiger partial charge in [-0.05, 0) is 37.5 Å². The van der Waals surface area contributed by atoms with Gasteiger partial charge in [0.05, 0.1) is 10.7 Å². The summed E-state index contributed by atoms with van der Waals surface area (Å²) in [7, 11) is 4.03. The van der Waals surface area contributed by atoms with Crippen molar-refractivity contribution in [1.82, 2.24) is 4.90 Å². The molecule has 1 saturated heterocycles. The van der Waals surface area contributed by atoms with Gasteiger partial charge in [0, 0.05) is 45.0 Å². The second kappa shape index (κ2) is 5.22. The molecule has 0 radical (unpaired) electrons. The minimum atomic E-state index is 0.571. The van der Waals surface area contributed by atoms with Crippen molar-refractivity contribution in [1.29, 1.82) is 0 Å². The average molecular weight is 280 g/mol. The molecule has 1 heterocycles. The fourth-order valence-corrected chi connectivity index (χ4v) is 3.22. The van der Waals surface area contributed by atoms with E-state index in [2.05, 4.69) is 22.3 Å². The standard InChI is InChI=1S/C15H22ClN3/c1-18(2)15-6-3-11(9-14(15)16)17-12-7-8-19(10-12)13-4-5-13/h3,6,9,12-13,17H,4-5,7-8,10H2,1-2H3. The zero-order valence-electron chi connectivity index (χ0n) is 11.7. The smallest absolute Gasteiger partial charge is 0.0659 e. The molecule has 1 saturated carbocycles. The third kappa shape index (κ3) is 2.98. The zero-order valence-corrected chi connectivity index (χ0v) is 12.5. The molecule has 1 aliphatic heterocycles. The lowest BCUT2D eigenvalue weighted by molar-refractivity contribution is 0.326. The van der Waals surface area contributed by atoms with E-state index in [9.17, 15) is 0 Å². The summed E-state index contributed by atoms with van der Waals surface area (Å²) >= 11 is 6.31. The van der Waals surface area contributed by atoms with Crippen molar-refractivity contribution in [3.8, 4) is 0 Å². The summed E-state index contributed by atoms with van der Waals surface area (Å²) in [5.74, 6) is 0. The van der Waals surface area contributed by atoms with E-state index in [-0.39, 0.29) is 0 Å². The largest absolute Gasteiger partial charge is 0.381 e. The van der Waals surface area contributed by atoms with E-state index in [0.717, 1.165) is 22.4 Å². The SMILES string of the molecule is CN(C)c1ccc(NC2CCN(C3CC3)C2)cc1Cl. The lowest BCUT2D eigenvalue weighted by Gasteiger charge is -2.19. The van der Waals surface area contributed by atoms with E-state index in [1.165, 1.54) is 32.4 Å². The van der Waals surface area contributed by atoms with Crippen LogP contribution in [-0.4, -0.2) is 44.2 Å². The molecule has 3 nitrogen and oxygen atoms in total. The van der Waals surface area contributed by atoms with Crippen LogP contribution < -0.4 is 10.2 Å². The van der Waals surface area contributed by atoms with Crippen LogP contribution in [0.1, 0.15) is 19.3 Å². The third-order valence-electron chi connectivity index (χ3n) is 4.08. The van der Waals surface area contributed by atoms with Crippen LogP contribution in [0.2, 0.25) is 5.02 Å². The molecule has 1 aliphatic carbocycles. The number of nitrogens with one attached hydrogen (secondary N) is 1. The molecular formula is C15H22ClN3. The van der Waals surface area contributed by atoms with Crippen molar-refractivity contribution in [2.75, 3.05) is 37.4 Å². The molecule has 1 N–H and O–H groups in total. The van der Waals surface area contributed by atoms with Crippen LogP contribution in [0, 0.1) is 0 Å². The van der Waals surface area contributed by atoms with E-state index in [1.807, 2.05) is 25.1 Å². The van der Waals surface area contributed by atoms with Crippen molar-refractivity contribution < 1.29 is 0 Å². The second-order valence-electron chi connectivity index (χ2n) is 5.92. The summed E-state index contributed by atoms with van der Waals surface area (Å²) in [6.07, 6.45) is 4.04. The molecule has 3 rings (SSSR count). The molecule has 1 aromatic carbocycles. The third-order valence-corrected chi connectivity index (χ3v) is 4.39. The van der Waals surface area contributed by atoms with Crippen LogP contribution in [-0.2, 0) is 0 Å². The van der Waals surface area contributed by atoms with Gasteiger partial charge in [0.25, 0.3) is 0 Å². The topological polar surface area (TPSA) is 18.5 Å². The van der Waals surface area contributed by atoms with E-state index < -0.39 is 0 Å². The van der Waals surface area contributed by atoms with Crippen molar-refractivity contribution in [2.45, 2.75) is 31.3 Å². The van der Waals surface area contributed by atoms with Crippen LogP contribution in [0.3, 0.4) is 0 Å². The molecule has 2 fully saturated rings. The minimum Gasteiger partial charge on any atom is -0.381 e. The average Bonchev–Trinajstić information content (AvgIpc) is 3.10. The summed E-state index contributed by atoms with van der Waals surface area (Å²) in [6, 6.07) is 7.70. The Morgan fingerprint density at radius 2 is 2.05 bits per heavy atom. The van der Waals surface area contributed by atoms with Crippen molar-refractivity contribution >= 4 is 23.0 Å². The van der Waals surface area contributed by atoms with E-state index in [1.54, 1.807) is 0 Å². The summed E-state index contributed by atoms with van der Waals surface area (Å²) in [4.78, 5) is 4.66. The van der Waals surface area contributed by atoms with Crippen molar-refractivity contribution in [2.24, 2.45) is 0 Å². The predicted molar refractivity (Wildman–Crippen MR) is 82.4 cm³/mol. The molecule has 1 aromatic rings. The molecular weight excluding hydrogens is 258 g/mol. The number of benzene rings is 1. The molecule has 0 bridgehead atoms.